The predicted octanol–water partition coefficient (Wildman–Crippen LogP) is 1.67. The van der Waals surface area contributed by atoms with Gasteiger partial charge in [0.05, 0.1) is 6.61 Å². The van der Waals surface area contributed by atoms with Crippen molar-refractivity contribution >= 4 is 11.6 Å². The molecule has 21 heavy (non-hydrogen) atoms. The van der Waals surface area contributed by atoms with Gasteiger partial charge in [-0.05, 0) is 36.2 Å². The number of carbonyl (C=O) groups is 1. The smallest absolute Gasteiger partial charge is 0.251 e. The zero-order valence-corrected chi connectivity index (χ0v) is 12.4. The third-order valence-electron chi connectivity index (χ3n) is 3.35. The fraction of sp³-hybridized carbons (Fsp3) is 0.312. The van der Waals surface area contributed by atoms with Crippen molar-refractivity contribution in [2.24, 2.45) is 7.05 Å². The molecule has 0 aliphatic heterocycles. The Morgan fingerprint density at radius 3 is 2.81 bits per heavy atom. The predicted molar refractivity (Wildman–Crippen MR) is 83.3 cm³/mol. The standard InChI is InChI=1S/C16H21N3O2/c1-12-14(16(21)17-7-9-20)4-3-5-15(12)18-10-13-6-8-19(2)11-13/h3-6,8,11,18,20H,7,9-10H2,1-2H3,(H,17,21). The van der Waals surface area contributed by atoms with Crippen LogP contribution in [0.1, 0.15) is 21.5 Å². The lowest BCUT2D eigenvalue weighted by Gasteiger charge is -2.13. The van der Waals surface area contributed by atoms with Crippen molar-refractivity contribution in [3.63, 3.8) is 0 Å². The first kappa shape index (κ1) is 15.1. The summed E-state index contributed by atoms with van der Waals surface area (Å²) < 4.78 is 2.00. The van der Waals surface area contributed by atoms with Crippen LogP contribution in [0.25, 0.3) is 0 Å². The maximum atomic E-state index is 12.0. The Kier molecular flexibility index (Phi) is 5.00. The van der Waals surface area contributed by atoms with E-state index in [1.807, 2.05) is 36.9 Å². The summed E-state index contributed by atoms with van der Waals surface area (Å²) >= 11 is 0. The van der Waals surface area contributed by atoms with E-state index in [0.717, 1.165) is 11.3 Å². The number of aryl methyl sites for hydroxylation is 1. The number of nitrogens with one attached hydrogen (secondary N) is 2. The van der Waals surface area contributed by atoms with Crippen LogP contribution in [0.5, 0.6) is 0 Å². The normalized spacial score (nSPS) is 10.4. The van der Waals surface area contributed by atoms with Crippen molar-refractivity contribution in [1.82, 2.24) is 9.88 Å². The molecule has 1 aromatic heterocycles. The van der Waals surface area contributed by atoms with E-state index < -0.39 is 0 Å². The number of aliphatic hydroxyl groups is 1. The van der Waals surface area contributed by atoms with Crippen LogP contribution in [-0.2, 0) is 13.6 Å². The Bertz CT molecular complexity index is 620. The number of anilines is 1. The van der Waals surface area contributed by atoms with Crippen LogP contribution in [0.15, 0.2) is 36.7 Å². The summed E-state index contributed by atoms with van der Waals surface area (Å²) in [7, 11) is 1.99. The zero-order valence-electron chi connectivity index (χ0n) is 12.4. The summed E-state index contributed by atoms with van der Waals surface area (Å²) in [6, 6.07) is 7.66. The van der Waals surface area contributed by atoms with E-state index in [1.165, 1.54) is 5.56 Å². The van der Waals surface area contributed by atoms with Gasteiger partial charge in [-0.15, -0.1) is 0 Å². The molecule has 3 N–H and O–H groups in total. The molecule has 0 saturated carbocycles. The van der Waals surface area contributed by atoms with Crippen LogP contribution in [0.3, 0.4) is 0 Å². The molecule has 5 heteroatoms. The lowest BCUT2D eigenvalue weighted by Crippen LogP contribution is -2.27. The lowest BCUT2D eigenvalue weighted by molar-refractivity contribution is 0.0944. The van der Waals surface area contributed by atoms with Crippen LogP contribution in [0.4, 0.5) is 5.69 Å². The van der Waals surface area contributed by atoms with Crippen molar-refractivity contribution in [2.75, 3.05) is 18.5 Å². The molecule has 0 radical (unpaired) electrons. The maximum absolute atomic E-state index is 12.0. The van der Waals surface area contributed by atoms with Crippen LogP contribution in [0, 0.1) is 6.92 Å². The summed E-state index contributed by atoms with van der Waals surface area (Å²) in [5.74, 6) is -0.162. The van der Waals surface area contributed by atoms with E-state index in [2.05, 4.69) is 22.9 Å². The number of rotatable bonds is 6. The molecule has 1 heterocycles. The minimum atomic E-state index is -0.162. The van der Waals surface area contributed by atoms with Crippen LogP contribution in [0.2, 0.25) is 0 Å². The Morgan fingerprint density at radius 2 is 2.14 bits per heavy atom. The first-order valence-electron chi connectivity index (χ1n) is 6.95. The van der Waals surface area contributed by atoms with Gasteiger partial charge in [0.25, 0.3) is 5.91 Å². The molecule has 0 fully saturated rings. The number of aromatic nitrogens is 1. The lowest BCUT2D eigenvalue weighted by atomic mass is 10.1. The third kappa shape index (κ3) is 3.86. The molecule has 2 rings (SSSR count). The van der Waals surface area contributed by atoms with Gasteiger partial charge in [0.2, 0.25) is 0 Å². The van der Waals surface area contributed by atoms with Gasteiger partial charge in [-0.1, -0.05) is 6.07 Å². The molecular formula is C16H21N3O2. The average molecular weight is 287 g/mol. The molecule has 0 spiro atoms. The molecule has 5 nitrogen and oxygen atoms in total. The van der Waals surface area contributed by atoms with E-state index in [4.69, 9.17) is 5.11 Å². The largest absolute Gasteiger partial charge is 0.395 e. The minimum absolute atomic E-state index is 0.0588. The number of hydrogen-bond acceptors (Lipinski definition) is 3. The van der Waals surface area contributed by atoms with Crippen molar-refractivity contribution in [3.8, 4) is 0 Å². The van der Waals surface area contributed by atoms with Gasteiger partial charge in [0, 0.05) is 43.8 Å². The van der Waals surface area contributed by atoms with E-state index in [1.54, 1.807) is 6.07 Å². The molecule has 0 aliphatic carbocycles. The van der Waals surface area contributed by atoms with E-state index in [9.17, 15) is 4.79 Å². The molecule has 0 aliphatic rings. The molecule has 0 bridgehead atoms. The second kappa shape index (κ2) is 6.95. The van der Waals surface area contributed by atoms with Crippen molar-refractivity contribution < 1.29 is 9.90 Å². The Morgan fingerprint density at radius 1 is 1.33 bits per heavy atom. The van der Waals surface area contributed by atoms with Gasteiger partial charge in [-0.25, -0.2) is 0 Å². The van der Waals surface area contributed by atoms with Gasteiger partial charge < -0.3 is 20.3 Å². The van der Waals surface area contributed by atoms with E-state index in [-0.39, 0.29) is 19.1 Å². The van der Waals surface area contributed by atoms with Crippen LogP contribution >= 0.6 is 0 Å². The van der Waals surface area contributed by atoms with E-state index in [0.29, 0.717) is 12.1 Å². The Balaban J connectivity index is 2.08. The first-order chi connectivity index (χ1) is 10.1. The quantitative estimate of drug-likeness (QED) is 0.757. The van der Waals surface area contributed by atoms with Gasteiger partial charge in [0.1, 0.15) is 0 Å². The van der Waals surface area contributed by atoms with Crippen molar-refractivity contribution in [2.45, 2.75) is 13.5 Å². The highest BCUT2D eigenvalue weighted by molar-refractivity contribution is 5.97. The maximum Gasteiger partial charge on any atom is 0.251 e. The highest BCUT2D eigenvalue weighted by Crippen LogP contribution is 2.19. The van der Waals surface area contributed by atoms with Crippen molar-refractivity contribution in [1.29, 1.82) is 0 Å². The van der Waals surface area contributed by atoms with Gasteiger partial charge in [-0.3, -0.25) is 4.79 Å². The first-order valence-corrected chi connectivity index (χ1v) is 6.95. The SMILES string of the molecule is Cc1c(NCc2ccn(C)c2)cccc1C(=O)NCCO. The fourth-order valence-corrected chi connectivity index (χ4v) is 2.20. The van der Waals surface area contributed by atoms with Gasteiger partial charge >= 0.3 is 0 Å². The van der Waals surface area contributed by atoms with Crippen LogP contribution in [-0.4, -0.2) is 28.7 Å². The Hall–Kier alpha value is -2.27. The highest BCUT2D eigenvalue weighted by Gasteiger charge is 2.11. The fourth-order valence-electron chi connectivity index (χ4n) is 2.20. The number of nitrogens with zero attached hydrogens (tertiary/aromatic N) is 1. The zero-order chi connectivity index (χ0) is 15.2. The second-order valence-electron chi connectivity index (χ2n) is 5.00. The summed E-state index contributed by atoms with van der Waals surface area (Å²) in [5, 5.41) is 14.8. The molecule has 2 aromatic rings. The number of carbonyl (C=O) groups excluding carboxylic acids is 1. The molecule has 0 unspecified atom stereocenters. The summed E-state index contributed by atoms with van der Waals surface area (Å²) in [5.41, 5.74) is 3.66. The van der Waals surface area contributed by atoms with Gasteiger partial charge in [-0.2, -0.15) is 0 Å². The topological polar surface area (TPSA) is 66.3 Å². The summed E-state index contributed by atoms with van der Waals surface area (Å²) in [6.07, 6.45) is 4.06. The molecule has 1 aromatic carbocycles. The second-order valence-corrected chi connectivity index (χ2v) is 5.00. The van der Waals surface area contributed by atoms with E-state index >= 15 is 0 Å². The highest BCUT2D eigenvalue weighted by atomic mass is 16.3. The number of benzene rings is 1. The number of amides is 1. The summed E-state index contributed by atoms with van der Waals surface area (Å²) in [4.78, 5) is 12.0. The average Bonchev–Trinajstić information content (AvgIpc) is 2.89. The van der Waals surface area contributed by atoms with Crippen molar-refractivity contribution in [3.05, 3.63) is 53.3 Å². The minimum Gasteiger partial charge on any atom is -0.395 e. The van der Waals surface area contributed by atoms with Gasteiger partial charge in [0.15, 0.2) is 0 Å². The molecular weight excluding hydrogens is 266 g/mol. The molecule has 112 valence electrons. The summed E-state index contributed by atoms with van der Waals surface area (Å²) in [6.45, 7) is 2.83. The molecule has 0 atom stereocenters. The number of aliphatic hydroxyl groups excluding tert-OH is 1. The van der Waals surface area contributed by atoms with Crippen LogP contribution < -0.4 is 10.6 Å². The monoisotopic (exact) mass is 287 g/mol. The Labute approximate surface area is 124 Å². The molecule has 0 saturated heterocycles. The third-order valence-corrected chi connectivity index (χ3v) is 3.35. The molecule has 1 amide bonds. The number of hydrogen-bond donors (Lipinski definition) is 3.